The smallest absolute Gasteiger partial charge is 0.253 e. The number of hydrogen-bond acceptors (Lipinski definition) is 4. The first-order chi connectivity index (χ1) is 14.5. The van der Waals surface area contributed by atoms with E-state index in [1.54, 1.807) is 30.3 Å². The standard InChI is InChI=1S/C22H29ClN4O3/c1-2-9-24-20(28)16-25-12-14-27(15-13-25)22(30)18-7-10-26(11-8-18)21(29)17-3-5-19(23)6-4-17/h2-6,18H,1,7-16H2,(H,24,28). The van der Waals surface area contributed by atoms with Crippen molar-refractivity contribution in [2.45, 2.75) is 12.8 Å². The minimum atomic E-state index is -0.0401. The highest BCUT2D eigenvalue weighted by molar-refractivity contribution is 6.30. The number of halogens is 1. The van der Waals surface area contributed by atoms with Gasteiger partial charge in [0.2, 0.25) is 11.8 Å². The molecule has 2 aliphatic heterocycles. The number of nitrogens with zero attached hydrogens (tertiary/aromatic N) is 3. The van der Waals surface area contributed by atoms with Crippen LogP contribution in [-0.4, -0.2) is 84.8 Å². The van der Waals surface area contributed by atoms with Crippen LogP contribution in [0, 0.1) is 5.92 Å². The van der Waals surface area contributed by atoms with Gasteiger partial charge >= 0.3 is 0 Å². The third-order valence-corrected chi connectivity index (χ3v) is 5.97. The topological polar surface area (TPSA) is 73.0 Å². The molecule has 3 amide bonds. The van der Waals surface area contributed by atoms with Gasteiger partial charge in [-0.1, -0.05) is 17.7 Å². The summed E-state index contributed by atoms with van der Waals surface area (Å²) in [6, 6.07) is 6.90. The van der Waals surface area contributed by atoms with Crippen molar-refractivity contribution in [1.82, 2.24) is 20.0 Å². The van der Waals surface area contributed by atoms with E-state index in [-0.39, 0.29) is 23.6 Å². The van der Waals surface area contributed by atoms with E-state index in [1.165, 1.54) is 0 Å². The van der Waals surface area contributed by atoms with Crippen LogP contribution in [0.25, 0.3) is 0 Å². The Hall–Kier alpha value is -2.38. The number of carbonyl (C=O) groups excluding carboxylic acids is 3. The van der Waals surface area contributed by atoms with E-state index in [1.807, 2.05) is 9.80 Å². The lowest BCUT2D eigenvalue weighted by molar-refractivity contribution is -0.138. The molecule has 2 fully saturated rings. The quantitative estimate of drug-likeness (QED) is 0.693. The van der Waals surface area contributed by atoms with Crippen LogP contribution in [0.3, 0.4) is 0 Å². The van der Waals surface area contributed by atoms with E-state index >= 15 is 0 Å². The molecule has 30 heavy (non-hydrogen) atoms. The maximum atomic E-state index is 12.9. The highest BCUT2D eigenvalue weighted by Gasteiger charge is 2.32. The van der Waals surface area contributed by atoms with Crippen molar-refractivity contribution in [2.75, 3.05) is 52.4 Å². The summed E-state index contributed by atoms with van der Waals surface area (Å²) in [7, 11) is 0. The number of nitrogens with one attached hydrogen (secondary N) is 1. The number of hydrogen-bond donors (Lipinski definition) is 1. The van der Waals surface area contributed by atoms with Crippen LogP contribution in [0.4, 0.5) is 0 Å². The largest absolute Gasteiger partial charge is 0.352 e. The van der Waals surface area contributed by atoms with Gasteiger partial charge in [-0.2, -0.15) is 0 Å². The molecular formula is C22H29ClN4O3. The van der Waals surface area contributed by atoms with Crippen LogP contribution in [0.2, 0.25) is 5.02 Å². The summed E-state index contributed by atoms with van der Waals surface area (Å²) in [6.45, 7) is 8.24. The molecule has 0 aromatic heterocycles. The van der Waals surface area contributed by atoms with Gasteiger partial charge in [0.05, 0.1) is 6.54 Å². The minimum Gasteiger partial charge on any atom is -0.352 e. The number of likely N-dealkylation sites (tertiary alicyclic amines) is 1. The van der Waals surface area contributed by atoms with Crippen molar-refractivity contribution in [3.05, 3.63) is 47.5 Å². The first-order valence-corrected chi connectivity index (χ1v) is 10.8. The van der Waals surface area contributed by atoms with Crippen molar-refractivity contribution in [3.63, 3.8) is 0 Å². The molecule has 2 aliphatic rings. The summed E-state index contributed by atoms with van der Waals surface area (Å²) in [5.41, 5.74) is 0.623. The predicted molar refractivity (Wildman–Crippen MR) is 116 cm³/mol. The Bertz CT molecular complexity index is 767. The van der Waals surface area contributed by atoms with Crippen molar-refractivity contribution < 1.29 is 14.4 Å². The minimum absolute atomic E-state index is 0.0130. The molecule has 1 aromatic carbocycles. The zero-order valence-electron chi connectivity index (χ0n) is 17.2. The third kappa shape index (κ3) is 5.83. The molecule has 162 valence electrons. The van der Waals surface area contributed by atoms with Gasteiger partial charge in [-0.15, -0.1) is 6.58 Å². The second-order valence-electron chi connectivity index (χ2n) is 7.77. The summed E-state index contributed by atoms with van der Waals surface area (Å²) < 4.78 is 0. The van der Waals surface area contributed by atoms with Gasteiger partial charge in [0.1, 0.15) is 0 Å². The van der Waals surface area contributed by atoms with E-state index < -0.39 is 0 Å². The van der Waals surface area contributed by atoms with Crippen molar-refractivity contribution >= 4 is 29.3 Å². The number of piperazine rings is 1. The Morgan fingerprint density at radius 3 is 2.23 bits per heavy atom. The second kappa shape index (κ2) is 10.6. The van der Waals surface area contributed by atoms with E-state index in [0.717, 1.165) is 0 Å². The predicted octanol–water partition coefficient (Wildman–Crippen LogP) is 1.64. The second-order valence-corrected chi connectivity index (χ2v) is 8.20. The number of benzene rings is 1. The van der Waals surface area contributed by atoms with E-state index in [4.69, 9.17) is 11.6 Å². The highest BCUT2D eigenvalue weighted by atomic mass is 35.5. The molecule has 2 heterocycles. The Labute approximate surface area is 182 Å². The highest BCUT2D eigenvalue weighted by Crippen LogP contribution is 2.22. The molecule has 2 saturated heterocycles. The molecular weight excluding hydrogens is 404 g/mol. The Kier molecular flexibility index (Phi) is 7.87. The zero-order chi connectivity index (χ0) is 21.5. The van der Waals surface area contributed by atoms with Crippen LogP contribution in [0.1, 0.15) is 23.2 Å². The van der Waals surface area contributed by atoms with E-state index in [0.29, 0.717) is 75.8 Å². The summed E-state index contributed by atoms with van der Waals surface area (Å²) in [5.74, 6) is 0.0966. The van der Waals surface area contributed by atoms with Crippen LogP contribution in [0.5, 0.6) is 0 Å². The molecule has 8 heteroatoms. The SMILES string of the molecule is C=CCNC(=O)CN1CCN(C(=O)C2CCN(C(=O)c3ccc(Cl)cc3)CC2)CC1. The number of amides is 3. The van der Waals surface area contributed by atoms with Crippen LogP contribution >= 0.6 is 11.6 Å². The fourth-order valence-electron chi connectivity index (χ4n) is 3.93. The van der Waals surface area contributed by atoms with Gasteiger partial charge in [-0.25, -0.2) is 0 Å². The maximum Gasteiger partial charge on any atom is 0.253 e. The van der Waals surface area contributed by atoms with Crippen molar-refractivity contribution in [2.24, 2.45) is 5.92 Å². The lowest BCUT2D eigenvalue weighted by Gasteiger charge is -2.38. The first kappa shape index (κ1) is 22.3. The fraction of sp³-hybridized carbons (Fsp3) is 0.500. The van der Waals surface area contributed by atoms with Gasteiger partial charge in [0, 0.05) is 62.3 Å². The molecule has 1 N–H and O–H groups in total. The first-order valence-electron chi connectivity index (χ1n) is 10.4. The summed E-state index contributed by atoms with van der Waals surface area (Å²) in [5, 5.41) is 3.38. The van der Waals surface area contributed by atoms with Gasteiger partial charge in [-0.05, 0) is 37.1 Å². The van der Waals surface area contributed by atoms with Crippen LogP contribution in [0.15, 0.2) is 36.9 Å². The Morgan fingerprint density at radius 1 is 1.00 bits per heavy atom. The molecule has 0 bridgehead atoms. The molecule has 0 radical (unpaired) electrons. The van der Waals surface area contributed by atoms with E-state index in [9.17, 15) is 14.4 Å². The zero-order valence-corrected chi connectivity index (χ0v) is 17.9. The average molecular weight is 433 g/mol. The van der Waals surface area contributed by atoms with Gasteiger partial charge in [0.25, 0.3) is 5.91 Å². The number of rotatable bonds is 6. The van der Waals surface area contributed by atoms with Gasteiger partial charge < -0.3 is 15.1 Å². The van der Waals surface area contributed by atoms with Gasteiger partial charge in [0.15, 0.2) is 0 Å². The van der Waals surface area contributed by atoms with Crippen LogP contribution < -0.4 is 5.32 Å². The molecule has 3 rings (SSSR count). The van der Waals surface area contributed by atoms with Crippen molar-refractivity contribution in [3.8, 4) is 0 Å². The molecule has 0 aliphatic carbocycles. The average Bonchev–Trinajstić information content (AvgIpc) is 2.78. The normalized spacial score (nSPS) is 18.2. The Morgan fingerprint density at radius 2 is 1.63 bits per heavy atom. The van der Waals surface area contributed by atoms with Gasteiger partial charge in [-0.3, -0.25) is 19.3 Å². The summed E-state index contributed by atoms with van der Waals surface area (Å²) in [4.78, 5) is 43.1. The lowest BCUT2D eigenvalue weighted by atomic mass is 9.94. The molecule has 1 aromatic rings. The Balaban J connectivity index is 1.42. The van der Waals surface area contributed by atoms with Crippen molar-refractivity contribution in [1.29, 1.82) is 0 Å². The molecule has 0 spiro atoms. The number of carbonyl (C=O) groups is 3. The third-order valence-electron chi connectivity index (χ3n) is 5.72. The maximum absolute atomic E-state index is 12.9. The van der Waals surface area contributed by atoms with E-state index in [2.05, 4.69) is 16.8 Å². The lowest BCUT2D eigenvalue weighted by Crippen LogP contribution is -2.53. The molecule has 7 nitrogen and oxygen atoms in total. The monoisotopic (exact) mass is 432 g/mol. The summed E-state index contributed by atoms with van der Waals surface area (Å²) in [6.07, 6.45) is 3.02. The summed E-state index contributed by atoms with van der Waals surface area (Å²) >= 11 is 5.89. The molecule has 0 atom stereocenters. The molecule has 0 unspecified atom stereocenters. The molecule has 0 saturated carbocycles. The number of piperidine rings is 1. The fourth-order valence-corrected chi connectivity index (χ4v) is 4.06. The van der Waals surface area contributed by atoms with Crippen LogP contribution in [-0.2, 0) is 9.59 Å².